The van der Waals surface area contributed by atoms with Crippen LogP contribution in [0.1, 0.15) is 30.4 Å². The highest BCUT2D eigenvalue weighted by Crippen LogP contribution is 2.26. The Balaban J connectivity index is 2.33. The molecule has 1 aromatic carbocycles. The molecule has 0 N–H and O–H groups in total. The zero-order chi connectivity index (χ0) is 11.4. The Morgan fingerprint density at radius 3 is 2.12 bits per heavy atom. The van der Waals surface area contributed by atoms with E-state index < -0.39 is 0 Å². The highest BCUT2D eigenvalue weighted by atomic mass is 16.5. The summed E-state index contributed by atoms with van der Waals surface area (Å²) in [7, 11) is 0. The van der Waals surface area contributed by atoms with Gasteiger partial charge < -0.3 is 5.21 Å². The summed E-state index contributed by atoms with van der Waals surface area (Å²) < 4.78 is 0.821. The smallest absolute Gasteiger partial charge is 0.180 e. The van der Waals surface area contributed by atoms with Gasteiger partial charge in [0.05, 0.1) is 0 Å². The molecule has 0 aliphatic rings. The molecule has 16 heavy (non-hydrogen) atoms. The molecule has 1 unspecified atom stereocenters. The maximum atomic E-state index is 11.0. The molecule has 0 bridgehead atoms. The van der Waals surface area contributed by atoms with Crippen LogP contribution in [-0.4, -0.2) is 0 Å². The van der Waals surface area contributed by atoms with Gasteiger partial charge in [-0.2, -0.15) is 4.73 Å². The van der Waals surface area contributed by atoms with Crippen LogP contribution < -0.4 is 4.73 Å². The first kappa shape index (κ1) is 10.7. The summed E-state index contributed by atoms with van der Waals surface area (Å²) in [4.78, 5) is 0. The van der Waals surface area contributed by atoms with E-state index in [0.29, 0.717) is 5.92 Å². The van der Waals surface area contributed by atoms with Crippen LogP contribution >= 0.6 is 0 Å². The van der Waals surface area contributed by atoms with Crippen molar-refractivity contribution in [3.63, 3.8) is 0 Å². The van der Waals surface area contributed by atoms with Crippen LogP contribution in [0, 0.1) is 5.21 Å². The predicted molar refractivity (Wildman–Crippen MR) is 64.0 cm³/mol. The molecular weight excluding hydrogens is 198 g/mol. The number of aromatic nitrogens is 1. The highest BCUT2D eigenvalue weighted by Gasteiger charge is 2.11. The molecular formula is C14H15NO. The van der Waals surface area contributed by atoms with E-state index in [1.807, 2.05) is 18.2 Å². The third-order valence-electron chi connectivity index (χ3n) is 2.84. The number of pyridine rings is 1. The summed E-state index contributed by atoms with van der Waals surface area (Å²) >= 11 is 0. The second kappa shape index (κ2) is 4.79. The number of rotatable bonds is 3. The fourth-order valence-corrected chi connectivity index (χ4v) is 2.01. The van der Waals surface area contributed by atoms with Crippen molar-refractivity contribution >= 4 is 0 Å². The molecule has 2 rings (SSSR count). The minimum absolute atomic E-state index is 0.377. The third-order valence-corrected chi connectivity index (χ3v) is 2.84. The van der Waals surface area contributed by atoms with Gasteiger partial charge in [0.15, 0.2) is 12.4 Å². The molecule has 2 heteroatoms. The van der Waals surface area contributed by atoms with Gasteiger partial charge in [-0.25, -0.2) is 0 Å². The fraction of sp³-hybridized carbons (Fsp3) is 0.214. The second-order valence-electron chi connectivity index (χ2n) is 3.86. The van der Waals surface area contributed by atoms with Gasteiger partial charge in [0, 0.05) is 18.1 Å². The number of hydrogen-bond acceptors (Lipinski definition) is 1. The van der Waals surface area contributed by atoms with Gasteiger partial charge in [-0.3, -0.25) is 0 Å². The monoisotopic (exact) mass is 213 g/mol. The molecule has 0 aliphatic carbocycles. The molecule has 1 heterocycles. The highest BCUT2D eigenvalue weighted by molar-refractivity contribution is 5.30. The van der Waals surface area contributed by atoms with Gasteiger partial charge in [0.25, 0.3) is 0 Å². The van der Waals surface area contributed by atoms with E-state index in [1.165, 1.54) is 11.1 Å². The zero-order valence-corrected chi connectivity index (χ0v) is 9.34. The Kier molecular flexibility index (Phi) is 3.20. The fourth-order valence-electron chi connectivity index (χ4n) is 2.01. The number of nitrogens with zero attached hydrogens (tertiary/aromatic N) is 1. The van der Waals surface area contributed by atoms with Crippen molar-refractivity contribution in [3.05, 3.63) is 71.2 Å². The predicted octanol–water partition coefficient (Wildman–Crippen LogP) is 2.86. The summed E-state index contributed by atoms with van der Waals surface area (Å²) in [5, 5.41) is 11.0. The van der Waals surface area contributed by atoms with E-state index in [9.17, 15) is 5.21 Å². The second-order valence-corrected chi connectivity index (χ2v) is 3.86. The van der Waals surface area contributed by atoms with Gasteiger partial charge in [0.2, 0.25) is 0 Å². The van der Waals surface area contributed by atoms with Crippen molar-refractivity contribution in [3.8, 4) is 0 Å². The van der Waals surface area contributed by atoms with Crippen LogP contribution in [0.25, 0.3) is 0 Å². The van der Waals surface area contributed by atoms with E-state index >= 15 is 0 Å². The van der Waals surface area contributed by atoms with Crippen LogP contribution in [0.5, 0.6) is 0 Å². The number of hydrogen-bond donors (Lipinski definition) is 0. The lowest BCUT2D eigenvalue weighted by Gasteiger charge is -2.15. The summed E-state index contributed by atoms with van der Waals surface area (Å²) in [6.07, 6.45) is 4.15. The van der Waals surface area contributed by atoms with E-state index in [4.69, 9.17) is 0 Å². The zero-order valence-electron chi connectivity index (χ0n) is 9.34. The lowest BCUT2D eigenvalue weighted by atomic mass is 9.90. The van der Waals surface area contributed by atoms with Crippen molar-refractivity contribution in [2.75, 3.05) is 0 Å². The SMILES string of the molecule is CCC(c1ccccc1)c1cc[n+]([O-])cc1. The third kappa shape index (κ3) is 2.22. The standard InChI is InChI=1S/C14H15NO/c1-2-14(12-6-4-3-5-7-12)13-8-10-15(16)11-9-13/h3-11,14H,2H2,1H3. The molecule has 0 saturated heterocycles. The Hall–Kier alpha value is -1.83. The van der Waals surface area contributed by atoms with Crippen molar-refractivity contribution in [2.45, 2.75) is 19.3 Å². The molecule has 2 aromatic rings. The Morgan fingerprint density at radius 2 is 1.56 bits per heavy atom. The van der Waals surface area contributed by atoms with Crippen LogP contribution in [0.3, 0.4) is 0 Å². The molecule has 1 aromatic heterocycles. The normalized spacial score (nSPS) is 12.3. The van der Waals surface area contributed by atoms with Crippen LogP contribution in [0.4, 0.5) is 0 Å². The van der Waals surface area contributed by atoms with Crippen LogP contribution in [-0.2, 0) is 0 Å². The van der Waals surface area contributed by atoms with Gasteiger partial charge in [-0.15, -0.1) is 0 Å². The average Bonchev–Trinajstić information content (AvgIpc) is 2.34. The Morgan fingerprint density at radius 1 is 1.00 bits per heavy atom. The first-order valence-electron chi connectivity index (χ1n) is 5.55. The Bertz CT molecular complexity index is 436. The lowest BCUT2D eigenvalue weighted by Crippen LogP contribution is -2.24. The largest absolute Gasteiger partial charge is 0.619 e. The molecule has 0 radical (unpaired) electrons. The first-order valence-corrected chi connectivity index (χ1v) is 5.55. The van der Waals surface area contributed by atoms with E-state index in [1.54, 1.807) is 12.4 Å². The molecule has 2 nitrogen and oxygen atoms in total. The molecule has 0 amide bonds. The quantitative estimate of drug-likeness (QED) is 0.569. The maximum Gasteiger partial charge on any atom is 0.180 e. The van der Waals surface area contributed by atoms with Gasteiger partial charge in [0.1, 0.15) is 0 Å². The molecule has 0 aliphatic heterocycles. The topological polar surface area (TPSA) is 26.9 Å². The summed E-state index contributed by atoms with van der Waals surface area (Å²) in [5.41, 5.74) is 2.49. The summed E-state index contributed by atoms with van der Waals surface area (Å²) in [6.45, 7) is 2.16. The van der Waals surface area contributed by atoms with Crippen LogP contribution in [0.2, 0.25) is 0 Å². The van der Waals surface area contributed by atoms with Crippen LogP contribution in [0.15, 0.2) is 54.9 Å². The summed E-state index contributed by atoms with van der Waals surface area (Å²) in [5.74, 6) is 0.377. The average molecular weight is 213 g/mol. The van der Waals surface area contributed by atoms with Gasteiger partial charge in [-0.1, -0.05) is 37.3 Å². The summed E-state index contributed by atoms with van der Waals surface area (Å²) in [6, 6.07) is 14.2. The molecule has 0 saturated carbocycles. The number of benzene rings is 1. The molecule has 0 fully saturated rings. The van der Waals surface area contributed by atoms with Crippen molar-refractivity contribution in [1.29, 1.82) is 0 Å². The van der Waals surface area contributed by atoms with E-state index in [2.05, 4.69) is 31.2 Å². The van der Waals surface area contributed by atoms with Crippen molar-refractivity contribution in [2.24, 2.45) is 0 Å². The Labute approximate surface area is 95.8 Å². The lowest BCUT2D eigenvalue weighted by molar-refractivity contribution is -0.605. The van der Waals surface area contributed by atoms with Crippen molar-refractivity contribution in [1.82, 2.24) is 0 Å². The molecule has 0 spiro atoms. The van der Waals surface area contributed by atoms with E-state index in [0.717, 1.165) is 11.2 Å². The van der Waals surface area contributed by atoms with Gasteiger partial charge in [-0.05, 0) is 17.5 Å². The maximum absolute atomic E-state index is 11.0. The minimum Gasteiger partial charge on any atom is -0.619 e. The minimum atomic E-state index is 0.377. The first-order chi connectivity index (χ1) is 7.81. The van der Waals surface area contributed by atoms with E-state index in [-0.39, 0.29) is 0 Å². The van der Waals surface area contributed by atoms with Gasteiger partial charge >= 0.3 is 0 Å². The van der Waals surface area contributed by atoms with Crippen molar-refractivity contribution < 1.29 is 4.73 Å². The molecule has 82 valence electrons. The molecule has 1 atom stereocenters.